The molecule has 7 nitrogen and oxygen atoms in total. The molecule has 120 valence electrons. The van der Waals surface area contributed by atoms with Crippen molar-refractivity contribution < 1.29 is 22.7 Å². The van der Waals surface area contributed by atoms with Gasteiger partial charge in [0.1, 0.15) is 11.8 Å². The van der Waals surface area contributed by atoms with Gasteiger partial charge in [-0.15, -0.1) is 0 Å². The highest BCUT2D eigenvalue weighted by atomic mass is 32.2. The second-order valence-electron chi connectivity index (χ2n) is 5.60. The fourth-order valence-electron chi connectivity index (χ4n) is 2.63. The molecular weight excluding hydrogens is 296 g/mol. The van der Waals surface area contributed by atoms with E-state index in [0.29, 0.717) is 26.0 Å². The molecule has 8 heteroatoms. The second kappa shape index (κ2) is 7.22. The molecule has 0 aromatic rings. The van der Waals surface area contributed by atoms with Crippen LogP contribution in [0.3, 0.4) is 0 Å². The maximum atomic E-state index is 11.9. The van der Waals surface area contributed by atoms with Gasteiger partial charge in [0, 0.05) is 13.2 Å². The minimum absolute atomic E-state index is 0.128. The summed E-state index contributed by atoms with van der Waals surface area (Å²) in [6, 6.07) is -0.627. The van der Waals surface area contributed by atoms with Gasteiger partial charge in [0.2, 0.25) is 11.8 Å². The van der Waals surface area contributed by atoms with Crippen molar-refractivity contribution in [2.75, 3.05) is 24.7 Å². The number of carbonyl (C=O) groups excluding carboxylic acids is 2. The molecule has 2 atom stereocenters. The van der Waals surface area contributed by atoms with Crippen LogP contribution in [0.15, 0.2) is 0 Å². The Morgan fingerprint density at radius 2 is 2.10 bits per heavy atom. The molecule has 2 amide bonds. The zero-order chi connectivity index (χ0) is 15.3. The Morgan fingerprint density at radius 3 is 2.81 bits per heavy atom. The van der Waals surface area contributed by atoms with Gasteiger partial charge in [-0.25, -0.2) is 8.42 Å². The minimum Gasteiger partial charge on any atom is -0.377 e. The lowest BCUT2D eigenvalue weighted by Crippen LogP contribution is -2.47. The number of hydrogen-bond acceptors (Lipinski definition) is 5. The van der Waals surface area contributed by atoms with E-state index in [4.69, 9.17) is 4.74 Å². The van der Waals surface area contributed by atoms with Gasteiger partial charge in [-0.3, -0.25) is 9.59 Å². The zero-order valence-corrected chi connectivity index (χ0v) is 12.8. The Hall–Kier alpha value is -1.15. The van der Waals surface area contributed by atoms with E-state index in [1.807, 2.05) is 0 Å². The summed E-state index contributed by atoms with van der Waals surface area (Å²) < 4.78 is 29.2. The predicted octanol–water partition coefficient (Wildman–Crippen LogP) is -0.635. The number of amides is 2. The first kappa shape index (κ1) is 16.2. The van der Waals surface area contributed by atoms with Crippen LogP contribution in [0.1, 0.15) is 32.1 Å². The number of nitrogens with one attached hydrogen (secondary N) is 2. The molecule has 2 rings (SSSR count). The molecule has 0 unspecified atom stereocenters. The summed E-state index contributed by atoms with van der Waals surface area (Å²) in [5.74, 6) is -1.57. The van der Waals surface area contributed by atoms with Gasteiger partial charge in [-0.1, -0.05) is 0 Å². The van der Waals surface area contributed by atoms with Gasteiger partial charge < -0.3 is 15.4 Å². The van der Waals surface area contributed by atoms with Crippen LogP contribution in [0.25, 0.3) is 0 Å². The van der Waals surface area contributed by atoms with Gasteiger partial charge in [0.15, 0.2) is 9.84 Å². The van der Waals surface area contributed by atoms with E-state index >= 15 is 0 Å². The topological polar surface area (TPSA) is 102 Å². The van der Waals surface area contributed by atoms with Gasteiger partial charge in [-0.2, -0.15) is 0 Å². The van der Waals surface area contributed by atoms with Gasteiger partial charge in [-0.05, 0) is 32.1 Å². The number of sulfone groups is 1. The number of rotatable bonds is 5. The molecule has 0 aromatic heterocycles. The van der Waals surface area contributed by atoms with E-state index in [1.54, 1.807) is 0 Å². The molecule has 0 saturated carbocycles. The largest absolute Gasteiger partial charge is 0.377 e. The molecule has 0 spiro atoms. The van der Waals surface area contributed by atoms with Crippen molar-refractivity contribution in [1.29, 1.82) is 0 Å². The molecule has 2 fully saturated rings. The highest BCUT2D eigenvalue weighted by Gasteiger charge is 2.28. The Morgan fingerprint density at radius 1 is 1.29 bits per heavy atom. The third kappa shape index (κ3) is 5.28. The summed E-state index contributed by atoms with van der Waals surface area (Å²) in [6.07, 6.45) is 3.51. The van der Waals surface area contributed by atoms with Crippen LogP contribution in [0.2, 0.25) is 0 Å². The van der Waals surface area contributed by atoms with Crippen molar-refractivity contribution in [2.45, 2.75) is 44.2 Å². The van der Waals surface area contributed by atoms with E-state index in [-0.39, 0.29) is 17.8 Å². The standard InChI is InChI=1S/C13H22N2O5S/c16-12(15-11-5-1-2-6-14-13(11)17)9-21(18,19)8-10-4-3-7-20-10/h10-11H,1-9H2,(H,14,17)(H,15,16)/t10-,11-/m0/s1. The Balaban J connectivity index is 1.83. The molecule has 2 N–H and O–H groups in total. The number of hydrogen-bond donors (Lipinski definition) is 2. The molecule has 21 heavy (non-hydrogen) atoms. The molecule has 2 saturated heterocycles. The van der Waals surface area contributed by atoms with E-state index < -0.39 is 27.5 Å². The first-order valence-corrected chi connectivity index (χ1v) is 9.17. The van der Waals surface area contributed by atoms with Crippen molar-refractivity contribution in [3.05, 3.63) is 0 Å². The average molecular weight is 318 g/mol. The van der Waals surface area contributed by atoms with Crippen LogP contribution in [-0.2, 0) is 24.2 Å². The van der Waals surface area contributed by atoms with Crippen LogP contribution < -0.4 is 10.6 Å². The maximum Gasteiger partial charge on any atom is 0.242 e. The van der Waals surface area contributed by atoms with Crippen LogP contribution in [-0.4, -0.2) is 57.0 Å². The highest BCUT2D eigenvalue weighted by Crippen LogP contribution is 2.14. The molecular formula is C13H22N2O5S. The molecule has 2 aliphatic heterocycles. The van der Waals surface area contributed by atoms with Crippen molar-refractivity contribution in [3.8, 4) is 0 Å². The normalized spacial score (nSPS) is 27.0. The predicted molar refractivity (Wildman–Crippen MR) is 76.4 cm³/mol. The Labute approximate surface area is 124 Å². The van der Waals surface area contributed by atoms with Gasteiger partial charge in [0.05, 0.1) is 11.9 Å². The monoisotopic (exact) mass is 318 g/mol. The zero-order valence-electron chi connectivity index (χ0n) is 12.0. The minimum atomic E-state index is -3.51. The lowest BCUT2D eigenvalue weighted by Gasteiger charge is -2.16. The first-order chi connectivity index (χ1) is 9.96. The second-order valence-corrected chi connectivity index (χ2v) is 7.71. The maximum absolute atomic E-state index is 11.9. The quantitative estimate of drug-likeness (QED) is 0.702. The third-order valence-electron chi connectivity index (χ3n) is 3.69. The fraction of sp³-hybridized carbons (Fsp3) is 0.846. The summed E-state index contributed by atoms with van der Waals surface area (Å²) in [7, 11) is -3.51. The highest BCUT2D eigenvalue weighted by molar-refractivity contribution is 7.92. The van der Waals surface area contributed by atoms with Crippen molar-refractivity contribution >= 4 is 21.7 Å². The van der Waals surface area contributed by atoms with E-state index in [2.05, 4.69) is 10.6 Å². The van der Waals surface area contributed by atoms with Crippen LogP contribution in [0.4, 0.5) is 0 Å². The van der Waals surface area contributed by atoms with E-state index in [9.17, 15) is 18.0 Å². The van der Waals surface area contributed by atoms with Crippen molar-refractivity contribution in [1.82, 2.24) is 10.6 Å². The van der Waals surface area contributed by atoms with Crippen LogP contribution >= 0.6 is 0 Å². The number of ether oxygens (including phenoxy) is 1. The molecule has 0 aliphatic carbocycles. The number of carbonyl (C=O) groups is 2. The molecule has 0 aromatic carbocycles. The van der Waals surface area contributed by atoms with E-state index in [1.165, 1.54) is 0 Å². The summed E-state index contributed by atoms with van der Waals surface area (Å²) in [5, 5.41) is 5.22. The fourth-order valence-corrected chi connectivity index (χ4v) is 4.06. The summed E-state index contributed by atoms with van der Waals surface area (Å²) in [5.41, 5.74) is 0. The molecule has 0 radical (unpaired) electrons. The first-order valence-electron chi connectivity index (χ1n) is 7.35. The molecule has 0 bridgehead atoms. The lowest BCUT2D eigenvalue weighted by molar-refractivity contribution is -0.127. The van der Waals surface area contributed by atoms with Crippen molar-refractivity contribution in [2.24, 2.45) is 0 Å². The van der Waals surface area contributed by atoms with Crippen LogP contribution in [0, 0.1) is 0 Å². The molecule has 2 heterocycles. The average Bonchev–Trinajstić information content (AvgIpc) is 2.79. The van der Waals surface area contributed by atoms with Crippen molar-refractivity contribution in [3.63, 3.8) is 0 Å². The van der Waals surface area contributed by atoms with Gasteiger partial charge in [0.25, 0.3) is 0 Å². The van der Waals surface area contributed by atoms with E-state index in [0.717, 1.165) is 19.3 Å². The lowest BCUT2D eigenvalue weighted by atomic mass is 10.1. The van der Waals surface area contributed by atoms with Crippen LogP contribution in [0.5, 0.6) is 0 Å². The smallest absolute Gasteiger partial charge is 0.242 e. The third-order valence-corrected chi connectivity index (χ3v) is 5.27. The summed E-state index contributed by atoms with van der Waals surface area (Å²) in [4.78, 5) is 23.5. The SMILES string of the molecule is O=C(CS(=O)(=O)C[C@@H]1CCCO1)N[C@H]1CCCCNC1=O. The Bertz CT molecular complexity index is 485. The molecule has 2 aliphatic rings. The van der Waals surface area contributed by atoms with Gasteiger partial charge >= 0.3 is 0 Å². The summed E-state index contributed by atoms with van der Waals surface area (Å²) in [6.45, 7) is 1.18. The summed E-state index contributed by atoms with van der Waals surface area (Å²) >= 11 is 0. The Kier molecular flexibility index (Phi) is 5.58.